The Morgan fingerprint density at radius 2 is 1.96 bits per heavy atom. The number of halogens is 1. The van der Waals surface area contributed by atoms with E-state index in [0.29, 0.717) is 24.6 Å². The Bertz CT molecular complexity index is 1070. The standard InChI is InChI=1S/C18H18BrN7O/c1-2-26-16-12(8-21-7-11-3-5-13(19)6-4-11)9-22-10-14(16)23-18(26)15-17(20)25-27-24-15/h3-6,9-10,21H,2,7-8H2,1H3,(H2,20,25). The third-order valence-electron chi connectivity index (χ3n) is 4.33. The van der Waals surface area contributed by atoms with Crippen LogP contribution >= 0.6 is 15.9 Å². The zero-order valence-corrected chi connectivity index (χ0v) is 16.3. The van der Waals surface area contributed by atoms with Gasteiger partial charge in [0.1, 0.15) is 5.52 Å². The van der Waals surface area contributed by atoms with E-state index in [1.54, 1.807) is 6.20 Å². The van der Waals surface area contributed by atoms with Crippen molar-refractivity contribution in [1.29, 1.82) is 0 Å². The lowest BCUT2D eigenvalue weighted by Crippen LogP contribution is -2.14. The highest BCUT2D eigenvalue weighted by molar-refractivity contribution is 9.10. The molecule has 0 aliphatic carbocycles. The summed E-state index contributed by atoms with van der Waals surface area (Å²) < 4.78 is 7.87. The Balaban J connectivity index is 1.64. The van der Waals surface area contributed by atoms with Crippen molar-refractivity contribution in [1.82, 2.24) is 30.2 Å². The van der Waals surface area contributed by atoms with Gasteiger partial charge in [-0.2, -0.15) is 0 Å². The highest BCUT2D eigenvalue weighted by Gasteiger charge is 2.20. The van der Waals surface area contributed by atoms with Crippen molar-refractivity contribution < 1.29 is 4.63 Å². The van der Waals surface area contributed by atoms with Gasteiger partial charge >= 0.3 is 0 Å². The van der Waals surface area contributed by atoms with E-state index in [1.807, 2.05) is 25.3 Å². The number of nitrogens with one attached hydrogen (secondary N) is 1. The van der Waals surface area contributed by atoms with Crippen LogP contribution in [0.5, 0.6) is 0 Å². The molecule has 0 saturated heterocycles. The van der Waals surface area contributed by atoms with Crippen LogP contribution in [0.1, 0.15) is 18.1 Å². The summed E-state index contributed by atoms with van der Waals surface area (Å²) in [6, 6.07) is 8.25. The third kappa shape index (κ3) is 3.43. The lowest BCUT2D eigenvalue weighted by atomic mass is 10.2. The monoisotopic (exact) mass is 427 g/mol. The Morgan fingerprint density at radius 1 is 1.15 bits per heavy atom. The number of aryl methyl sites for hydroxylation is 1. The molecule has 0 aliphatic rings. The SMILES string of the molecule is CCn1c(-c2nonc2N)nc2cncc(CNCc3ccc(Br)cc3)c21. The van der Waals surface area contributed by atoms with Crippen LogP contribution in [0.2, 0.25) is 0 Å². The molecule has 0 amide bonds. The molecule has 0 fully saturated rings. The molecule has 0 saturated carbocycles. The van der Waals surface area contributed by atoms with Crippen molar-refractivity contribution >= 4 is 32.8 Å². The van der Waals surface area contributed by atoms with Gasteiger partial charge in [-0.1, -0.05) is 28.1 Å². The number of nitrogen functional groups attached to an aromatic ring is 1. The number of nitrogens with zero attached hydrogens (tertiary/aromatic N) is 5. The fraction of sp³-hybridized carbons (Fsp3) is 0.222. The Labute approximate surface area is 163 Å². The van der Waals surface area contributed by atoms with E-state index in [9.17, 15) is 0 Å². The first kappa shape index (κ1) is 17.6. The second kappa shape index (κ2) is 7.45. The maximum Gasteiger partial charge on any atom is 0.199 e. The molecule has 27 heavy (non-hydrogen) atoms. The lowest BCUT2D eigenvalue weighted by Gasteiger charge is -2.09. The van der Waals surface area contributed by atoms with Gasteiger partial charge in [0.05, 0.1) is 11.7 Å². The van der Waals surface area contributed by atoms with Crippen LogP contribution in [0, 0.1) is 0 Å². The number of benzene rings is 1. The van der Waals surface area contributed by atoms with Crippen LogP contribution in [-0.4, -0.2) is 24.8 Å². The highest BCUT2D eigenvalue weighted by Crippen LogP contribution is 2.28. The molecule has 3 N–H and O–H groups in total. The normalized spacial score (nSPS) is 11.3. The maximum atomic E-state index is 5.86. The first-order valence-electron chi connectivity index (χ1n) is 8.54. The van der Waals surface area contributed by atoms with Crippen LogP contribution in [0.15, 0.2) is 45.8 Å². The quantitative estimate of drug-likeness (QED) is 0.486. The molecule has 0 atom stereocenters. The van der Waals surface area contributed by atoms with Gasteiger partial charge in [-0.3, -0.25) is 4.98 Å². The van der Waals surface area contributed by atoms with Gasteiger partial charge in [0.25, 0.3) is 0 Å². The molecule has 0 bridgehead atoms. The Hall–Kier alpha value is -2.78. The largest absolute Gasteiger partial charge is 0.379 e. The van der Waals surface area contributed by atoms with Crippen LogP contribution in [-0.2, 0) is 19.6 Å². The van der Waals surface area contributed by atoms with Crippen molar-refractivity contribution in [3.05, 3.63) is 52.3 Å². The molecule has 4 rings (SSSR count). The average Bonchev–Trinajstić information content (AvgIpc) is 3.26. The fourth-order valence-electron chi connectivity index (χ4n) is 3.07. The van der Waals surface area contributed by atoms with E-state index < -0.39 is 0 Å². The van der Waals surface area contributed by atoms with Crippen LogP contribution < -0.4 is 11.1 Å². The van der Waals surface area contributed by atoms with Crippen molar-refractivity contribution in [3.63, 3.8) is 0 Å². The molecule has 3 heterocycles. The van der Waals surface area contributed by atoms with Gasteiger partial charge in [-0.15, -0.1) is 0 Å². The minimum atomic E-state index is 0.225. The van der Waals surface area contributed by atoms with Crippen molar-refractivity contribution in [2.45, 2.75) is 26.6 Å². The highest BCUT2D eigenvalue weighted by atomic mass is 79.9. The van der Waals surface area contributed by atoms with Crippen LogP contribution in [0.25, 0.3) is 22.6 Å². The van der Waals surface area contributed by atoms with Crippen molar-refractivity contribution in [2.24, 2.45) is 0 Å². The van der Waals surface area contributed by atoms with Crippen LogP contribution in [0.3, 0.4) is 0 Å². The molecule has 4 aromatic rings. The first-order chi connectivity index (χ1) is 13.2. The number of hydrogen-bond acceptors (Lipinski definition) is 7. The van der Waals surface area contributed by atoms with Gasteiger partial charge in [0.2, 0.25) is 0 Å². The molecule has 0 spiro atoms. The average molecular weight is 428 g/mol. The topological polar surface area (TPSA) is 108 Å². The summed E-state index contributed by atoms with van der Waals surface area (Å²) in [5.41, 5.74) is 10.4. The number of imidazole rings is 1. The summed E-state index contributed by atoms with van der Waals surface area (Å²) in [7, 11) is 0. The van der Waals surface area contributed by atoms with Gasteiger partial charge in [-0.25, -0.2) is 9.61 Å². The molecule has 8 nitrogen and oxygen atoms in total. The summed E-state index contributed by atoms with van der Waals surface area (Å²) in [5, 5.41) is 11.0. The number of aromatic nitrogens is 5. The second-order valence-electron chi connectivity index (χ2n) is 6.07. The summed E-state index contributed by atoms with van der Waals surface area (Å²) in [6.45, 7) is 4.19. The van der Waals surface area contributed by atoms with E-state index in [4.69, 9.17) is 10.4 Å². The number of anilines is 1. The van der Waals surface area contributed by atoms with E-state index in [0.717, 1.165) is 27.6 Å². The zero-order valence-electron chi connectivity index (χ0n) is 14.7. The zero-order chi connectivity index (χ0) is 18.8. The number of rotatable bonds is 6. The number of fused-ring (bicyclic) bond motifs is 1. The third-order valence-corrected chi connectivity index (χ3v) is 4.85. The van der Waals surface area contributed by atoms with E-state index in [2.05, 4.69) is 58.2 Å². The number of hydrogen-bond donors (Lipinski definition) is 2. The molecule has 1 aromatic carbocycles. The van der Waals surface area contributed by atoms with Crippen molar-refractivity contribution in [3.8, 4) is 11.5 Å². The molecule has 3 aromatic heterocycles. The Kier molecular flexibility index (Phi) is 4.87. The molecule has 9 heteroatoms. The first-order valence-corrected chi connectivity index (χ1v) is 9.33. The maximum absolute atomic E-state index is 5.86. The Morgan fingerprint density at radius 3 is 2.67 bits per heavy atom. The molecule has 0 radical (unpaired) electrons. The molecular formula is C18H18BrN7O. The van der Waals surface area contributed by atoms with Gasteiger partial charge in [0.15, 0.2) is 17.3 Å². The minimum absolute atomic E-state index is 0.225. The summed E-state index contributed by atoms with van der Waals surface area (Å²) in [6.07, 6.45) is 3.60. The number of pyridine rings is 1. The molecule has 138 valence electrons. The fourth-order valence-corrected chi connectivity index (χ4v) is 3.34. The van der Waals surface area contributed by atoms with Gasteiger partial charge < -0.3 is 15.6 Å². The van der Waals surface area contributed by atoms with Crippen molar-refractivity contribution in [2.75, 3.05) is 5.73 Å². The van der Waals surface area contributed by atoms with E-state index in [-0.39, 0.29) is 5.82 Å². The molecule has 0 aliphatic heterocycles. The van der Waals surface area contributed by atoms with E-state index in [1.165, 1.54) is 5.56 Å². The second-order valence-corrected chi connectivity index (χ2v) is 6.99. The van der Waals surface area contributed by atoms with Crippen LogP contribution in [0.4, 0.5) is 5.82 Å². The summed E-state index contributed by atoms with van der Waals surface area (Å²) in [5.74, 6) is 0.858. The predicted octanol–water partition coefficient (Wildman–Crippen LogP) is 3.14. The van der Waals surface area contributed by atoms with Gasteiger partial charge in [0, 0.05) is 35.9 Å². The molecular weight excluding hydrogens is 410 g/mol. The van der Waals surface area contributed by atoms with E-state index >= 15 is 0 Å². The smallest absolute Gasteiger partial charge is 0.199 e. The number of nitrogens with two attached hydrogens (primary N) is 1. The molecule has 0 unspecified atom stereocenters. The van der Waals surface area contributed by atoms with Gasteiger partial charge in [-0.05, 0) is 34.9 Å². The summed E-state index contributed by atoms with van der Waals surface area (Å²) in [4.78, 5) is 8.98. The summed E-state index contributed by atoms with van der Waals surface area (Å²) >= 11 is 3.45. The lowest BCUT2D eigenvalue weighted by molar-refractivity contribution is 0.310. The minimum Gasteiger partial charge on any atom is -0.379 e. The predicted molar refractivity (Wildman–Crippen MR) is 106 cm³/mol.